The highest BCUT2D eigenvalue weighted by Crippen LogP contribution is 2.35. The van der Waals surface area contributed by atoms with Crippen molar-refractivity contribution >= 4 is 35.7 Å². The third-order valence-corrected chi connectivity index (χ3v) is 3.81. The lowest BCUT2D eigenvalue weighted by molar-refractivity contribution is 0.144. The van der Waals surface area contributed by atoms with Crippen LogP contribution in [0, 0.1) is 0 Å². The van der Waals surface area contributed by atoms with Crippen molar-refractivity contribution in [2.45, 2.75) is 11.3 Å². The normalized spacial score (nSPS) is 11.9. The molecule has 0 saturated carbocycles. The maximum absolute atomic E-state index is 12.4. The number of nitrogens with zero attached hydrogens (tertiary/aromatic N) is 1. The van der Waals surface area contributed by atoms with Gasteiger partial charge in [0.05, 0.1) is 7.11 Å². The zero-order chi connectivity index (χ0) is 12.5. The lowest BCUT2D eigenvalue weighted by atomic mass is 10.3. The topological polar surface area (TPSA) is 56.3 Å². The average Bonchev–Trinajstić information content (AvgIpc) is 2.14. The van der Waals surface area contributed by atoms with E-state index >= 15 is 0 Å². The van der Waals surface area contributed by atoms with E-state index in [1.54, 1.807) is 0 Å². The minimum absolute atomic E-state index is 0.121. The van der Waals surface area contributed by atoms with E-state index in [4.69, 9.17) is 10.7 Å². The molecule has 0 saturated heterocycles. The van der Waals surface area contributed by atoms with Crippen LogP contribution in [-0.2, 0) is 9.05 Å². The van der Waals surface area contributed by atoms with E-state index in [9.17, 15) is 17.2 Å². The molecule has 0 aliphatic rings. The summed E-state index contributed by atoms with van der Waals surface area (Å²) in [5, 5.41) is 0. The molecule has 16 heavy (non-hydrogen) atoms. The fraction of sp³-hybridized carbons (Fsp3) is 0.286. The standard InChI is InChI=1S/C7H5BrClF2NO3S/c1-15-7-5(16(9,13)14)3(8)2-4(12-7)6(10)11/h2,6H,1H3. The first-order valence-corrected chi connectivity index (χ1v) is 6.85. The molecule has 1 rings (SSSR count). The first kappa shape index (κ1) is 13.6. The Kier molecular flexibility index (Phi) is 4.08. The van der Waals surface area contributed by atoms with Crippen molar-refractivity contribution in [3.05, 3.63) is 16.2 Å². The summed E-state index contributed by atoms with van der Waals surface area (Å²) < 4.78 is 51.5. The second-order valence-corrected chi connectivity index (χ2v) is 5.96. The fourth-order valence-corrected chi connectivity index (χ4v) is 3.37. The maximum atomic E-state index is 12.4. The number of rotatable bonds is 3. The van der Waals surface area contributed by atoms with Gasteiger partial charge in [-0.05, 0) is 22.0 Å². The smallest absolute Gasteiger partial charge is 0.280 e. The molecule has 0 spiro atoms. The van der Waals surface area contributed by atoms with Crippen molar-refractivity contribution in [1.82, 2.24) is 4.98 Å². The molecule has 1 aromatic rings. The number of hydrogen-bond donors (Lipinski definition) is 0. The Balaban J connectivity index is 3.53. The minimum Gasteiger partial charge on any atom is -0.480 e. The summed E-state index contributed by atoms with van der Waals surface area (Å²) in [5.41, 5.74) is -0.604. The van der Waals surface area contributed by atoms with E-state index in [2.05, 4.69) is 25.7 Å². The largest absolute Gasteiger partial charge is 0.480 e. The highest BCUT2D eigenvalue weighted by atomic mass is 79.9. The number of halogens is 4. The predicted octanol–water partition coefficient (Wildman–Crippen LogP) is 2.72. The first-order valence-electron chi connectivity index (χ1n) is 3.74. The Morgan fingerprint density at radius 1 is 1.56 bits per heavy atom. The first-order chi connectivity index (χ1) is 7.27. The SMILES string of the molecule is COc1nc(C(F)F)cc(Br)c1S(=O)(=O)Cl. The van der Waals surface area contributed by atoms with Crippen molar-refractivity contribution in [3.63, 3.8) is 0 Å². The zero-order valence-corrected chi connectivity index (χ0v) is 10.9. The van der Waals surface area contributed by atoms with Crippen LogP contribution >= 0.6 is 26.6 Å². The fourth-order valence-electron chi connectivity index (χ4n) is 0.969. The second-order valence-electron chi connectivity index (χ2n) is 2.61. The highest BCUT2D eigenvalue weighted by Gasteiger charge is 2.25. The van der Waals surface area contributed by atoms with Gasteiger partial charge in [-0.15, -0.1) is 0 Å². The minimum atomic E-state index is -4.13. The van der Waals surface area contributed by atoms with Crippen molar-refractivity contribution < 1.29 is 21.9 Å². The number of aromatic nitrogens is 1. The van der Waals surface area contributed by atoms with Crippen LogP contribution in [0.5, 0.6) is 5.88 Å². The Labute approximate surface area is 103 Å². The summed E-state index contributed by atoms with van der Waals surface area (Å²) in [4.78, 5) is 2.88. The number of ether oxygens (including phenoxy) is 1. The van der Waals surface area contributed by atoms with Crippen LogP contribution < -0.4 is 4.74 Å². The molecule has 0 unspecified atom stereocenters. The van der Waals surface area contributed by atoms with Gasteiger partial charge in [0.25, 0.3) is 15.5 Å². The molecular weight excluding hydrogens is 332 g/mol. The average molecular weight is 337 g/mol. The third-order valence-electron chi connectivity index (χ3n) is 1.58. The molecule has 1 aromatic heterocycles. The van der Waals surface area contributed by atoms with E-state index in [0.29, 0.717) is 0 Å². The molecular formula is C7H5BrClF2NO3S. The molecule has 9 heteroatoms. The van der Waals surface area contributed by atoms with Crippen LogP contribution in [0.4, 0.5) is 8.78 Å². The zero-order valence-electron chi connectivity index (χ0n) is 7.75. The molecule has 0 atom stereocenters. The van der Waals surface area contributed by atoms with Gasteiger partial charge in [0, 0.05) is 15.2 Å². The Bertz CT molecular complexity index is 509. The van der Waals surface area contributed by atoms with Gasteiger partial charge in [-0.2, -0.15) is 0 Å². The monoisotopic (exact) mass is 335 g/mol. The molecule has 0 bridgehead atoms. The van der Waals surface area contributed by atoms with Crippen molar-refractivity contribution in [2.24, 2.45) is 0 Å². The van der Waals surface area contributed by atoms with Gasteiger partial charge in [-0.25, -0.2) is 22.2 Å². The van der Waals surface area contributed by atoms with Crippen LogP contribution in [0.1, 0.15) is 12.1 Å². The number of alkyl halides is 2. The van der Waals surface area contributed by atoms with Gasteiger partial charge < -0.3 is 4.74 Å². The molecule has 0 fully saturated rings. The Morgan fingerprint density at radius 3 is 2.50 bits per heavy atom. The summed E-state index contributed by atoms with van der Waals surface area (Å²) in [7, 11) is 2.10. The summed E-state index contributed by atoms with van der Waals surface area (Å²) in [6.45, 7) is 0. The highest BCUT2D eigenvalue weighted by molar-refractivity contribution is 9.10. The molecule has 0 aromatic carbocycles. The van der Waals surface area contributed by atoms with Gasteiger partial charge in [0.1, 0.15) is 5.69 Å². The summed E-state index contributed by atoms with van der Waals surface area (Å²) in [6.07, 6.45) is -2.84. The molecule has 1 heterocycles. The molecule has 0 aliphatic carbocycles. The van der Waals surface area contributed by atoms with Gasteiger partial charge in [0.15, 0.2) is 4.90 Å². The van der Waals surface area contributed by atoms with Crippen LogP contribution in [0.15, 0.2) is 15.4 Å². The van der Waals surface area contributed by atoms with Gasteiger partial charge in [0.2, 0.25) is 5.88 Å². The molecule has 0 N–H and O–H groups in total. The van der Waals surface area contributed by atoms with Gasteiger partial charge in [-0.3, -0.25) is 0 Å². The van der Waals surface area contributed by atoms with E-state index in [-0.39, 0.29) is 4.47 Å². The van der Waals surface area contributed by atoms with E-state index < -0.39 is 31.9 Å². The quantitative estimate of drug-likeness (QED) is 0.796. The van der Waals surface area contributed by atoms with Crippen molar-refractivity contribution in [2.75, 3.05) is 7.11 Å². The third kappa shape index (κ3) is 2.80. The number of pyridine rings is 1. The molecule has 4 nitrogen and oxygen atoms in total. The van der Waals surface area contributed by atoms with Gasteiger partial charge in [-0.1, -0.05) is 0 Å². The van der Waals surface area contributed by atoms with Crippen LogP contribution in [0.25, 0.3) is 0 Å². The van der Waals surface area contributed by atoms with E-state index in [0.717, 1.165) is 13.2 Å². The maximum Gasteiger partial charge on any atom is 0.280 e. The predicted molar refractivity (Wildman–Crippen MR) is 56.5 cm³/mol. The molecule has 0 amide bonds. The summed E-state index contributed by atoms with van der Waals surface area (Å²) >= 11 is 2.83. The van der Waals surface area contributed by atoms with Crippen molar-refractivity contribution in [3.8, 4) is 5.88 Å². The van der Waals surface area contributed by atoms with E-state index in [1.807, 2.05) is 0 Å². The molecule has 0 radical (unpaired) electrons. The number of methoxy groups -OCH3 is 1. The molecule has 0 aliphatic heterocycles. The van der Waals surface area contributed by atoms with Gasteiger partial charge >= 0.3 is 0 Å². The van der Waals surface area contributed by atoms with Crippen molar-refractivity contribution in [1.29, 1.82) is 0 Å². The van der Waals surface area contributed by atoms with Crippen LogP contribution in [0.3, 0.4) is 0 Å². The lowest BCUT2D eigenvalue weighted by Crippen LogP contribution is -2.03. The summed E-state index contributed by atoms with van der Waals surface area (Å²) in [6, 6.07) is 0.877. The van der Waals surface area contributed by atoms with E-state index in [1.165, 1.54) is 0 Å². The van der Waals surface area contributed by atoms with Crippen LogP contribution in [-0.4, -0.2) is 20.5 Å². The second kappa shape index (κ2) is 4.80. The van der Waals surface area contributed by atoms with Crippen LogP contribution in [0.2, 0.25) is 0 Å². The Morgan fingerprint density at radius 2 is 2.12 bits per heavy atom. The summed E-state index contributed by atoms with van der Waals surface area (Å²) in [5.74, 6) is -0.473. The number of hydrogen-bond acceptors (Lipinski definition) is 4. The lowest BCUT2D eigenvalue weighted by Gasteiger charge is -2.09. The molecule has 90 valence electrons. The Hall–Kier alpha value is -0.470.